The van der Waals surface area contributed by atoms with E-state index in [1.807, 2.05) is 19.1 Å². The Bertz CT molecular complexity index is 596. The van der Waals surface area contributed by atoms with Gasteiger partial charge >= 0.3 is 6.03 Å². The number of anilines is 3. The lowest BCUT2D eigenvalue weighted by atomic mass is 10.2. The predicted molar refractivity (Wildman–Crippen MR) is 74.6 cm³/mol. The summed E-state index contributed by atoms with van der Waals surface area (Å²) in [6, 6.07) is 10.7. The summed E-state index contributed by atoms with van der Waals surface area (Å²) in [5.41, 5.74) is 7.94. The van der Waals surface area contributed by atoms with Crippen LogP contribution in [0.25, 0.3) is 0 Å². The fourth-order valence-electron chi connectivity index (χ4n) is 1.56. The molecule has 2 aromatic rings. The van der Waals surface area contributed by atoms with Crippen molar-refractivity contribution in [2.45, 2.75) is 6.92 Å². The van der Waals surface area contributed by atoms with E-state index in [2.05, 4.69) is 10.6 Å². The third-order valence-corrected chi connectivity index (χ3v) is 2.57. The molecule has 0 aliphatic carbocycles. The normalized spacial score (nSPS) is 10.0. The zero-order valence-electron chi connectivity index (χ0n) is 10.4. The summed E-state index contributed by atoms with van der Waals surface area (Å²) in [7, 11) is 0. The topological polar surface area (TPSA) is 67.2 Å². The summed E-state index contributed by atoms with van der Waals surface area (Å²) in [5, 5.41) is 5.14. The van der Waals surface area contributed by atoms with Gasteiger partial charge in [-0.2, -0.15) is 0 Å². The van der Waals surface area contributed by atoms with Crippen LogP contribution in [0.3, 0.4) is 0 Å². The number of nitrogen functional groups attached to an aromatic ring is 1. The minimum atomic E-state index is -0.471. The van der Waals surface area contributed by atoms with Crippen LogP contribution in [0.1, 0.15) is 5.56 Å². The molecule has 2 rings (SSSR count). The molecular formula is C14H14FN3O. The van der Waals surface area contributed by atoms with Gasteiger partial charge in [0.25, 0.3) is 0 Å². The summed E-state index contributed by atoms with van der Waals surface area (Å²) in [6.45, 7) is 1.96. The highest BCUT2D eigenvalue weighted by atomic mass is 19.1. The third-order valence-electron chi connectivity index (χ3n) is 2.57. The van der Waals surface area contributed by atoms with Gasteiger partial charge in [-0.1, -0.05) is 17.7 Å². The van der Waals surface area contributed by atoms with Crippen LogP contribution >= 0.6 is 0 Å². The molecule has 4 nitrogen and oxygen atoms in total. The number of carbonyl (C=O) groups is 1. The maximum atomic E-state index is 13.0. The second-order valence-electron chi connectivity index (χ2n) is 4.18. The van der Waals surface area contributed by atoms with Gasteiger partial charge in [-0.25, -0.2) is 9.18 Å². The number of urea groups is 1. The molecule has 98 valence electrons. The molecule has 5 heteroatoms. The second kappa shape index (κ2) is 5.39. The van der Waals surface area contributed by atoms with Crippen LogP contribution in [0.5, 0.6) is 0 Å². The molecule has 4 N–H and O–H groups in total. The molecule has 0 saturated carbocycles. The number of nitrogens with two attached hydrogens (primary N) is 1. The minimum absolute atomic E-state index is 0.240. The number of rotatable bonds is 2. The zero-order chi connectivity index (χ0) is 13.8. The first-order valence-electron chi connectivity index (χ1n) is 5.74. The van der Waals surface area contributed by atoms with Crippen LogP contribution in [0, 0.1) is 12.7 Å². The van der Waals surface area contributed by atoms with Crippen molar-refractivity contribution < 1.29 is 9.18 Å². The SMILES string of the molecule is Cc1ccc(NC(=O)Nc2cc(F)ccc2N)cc1. The Morgan fingerprint density at radius 2 is 1.79 bits per heavy atom. The lowest BCUT2D eigenvalue weighted by molar-refractivity contribution is 0.262. The predicted octanol–water partition coefficient (Wildman–Crippen LogP) is 3.36. The number of halogens is 1. The number of aryl methyl sites for hydroxylation is 1. The molecule has 0 aromatic heterocycles. The number of hydrogen-bond donors (Lipinski definition) is 3. The Morgan fingerprint density at radius 1 is 1.11 bits per heavy atom. The third kappa shape index (κ3) is 3.45. The van der Waals surface area contributed by atoms with E-state index < -0.39 is 11.8 Å². The van der Waals surface area contributed by atoms with Crippen LogP contribution in [-0.4, -0.2) is 6.03 Å². The molecule has 0 spiro atoms. The molecule has 0 aliphatic heterocycles. The Kier molecular flexibility index (Phi) is 3.66. The van der Waals surface area contributed by atoms with E-state index in [9.17, 15) is 9.18 Å². The van der Waals surface area contributed by atoms with Gasteiger partial charge in [-0.3, -0.25) is 0 Å². The van der Waals surface area contributed by atoms with Crippen molar-refractivity contribution in [3.63, 3.8) is 0 Å². The maximum Gasteiger partial charge on any atom is 0.323 e. The lowest BCUT2D eigenvalue weighted by Gasteiger charge is -2.10. The summed E-state index contributed by atoms with van der Waals surface area (Å²) in [6.07, 6.45) is 0. The summed E-state index contributed by atoms with van der Waals surface area (Å²) in [4.78, 5) is 11.7. The van der Waals surface area contributed by atoms with Gasteiger partial charge in [-0.05, 0) is 37.3 Å². The molecule has 0 heterocycles. The van der Waals surface area contributed by atoms with Gasteiger partial charge in [0.2, 0.25) is 0 Å². The largest absolute Gasteiger partial charge is 0.397 e. The molecule has 2 aromatic carbocycles. The molecule has 0 atom stereocenters. The van der Waals surface area contributed by atoms with Crippen molar-refractivity contribution in [1.29, 1.82) is 0 Å². The van der Waals surface area contributed by atoms with Crippen LogP contribution in [-0.2, 0) is 0 Å². The average Bonchev–Trinajstić information content (AvgIpc) is 2.37. The monoisotopic (exact) mass is 259 g/mol. The van der Waals surface area contributed by atoms with Crippen LogP contribution in [0.2, 0.25) is 0 Å². The zero-order valence-corrected chi connectivity index (χ0v) is 10.4. The van der Waals surface area contributed by atoms with E-state index in [0.29, 0.717) is 11.4 Å². The van der Waals surface area contributed by atoms with E-state index in [0.717, 1.165) is 5.56 Å². The second-order valence-corrected chi connectivity index (χ2v) is 4.18. The number of amides is 2. The van der Waals surface area contributed by atoms with Crippen LogP contribution in [0.4, 0.5) is 26.2 Å². The number of nitrogens with one attached hydrogen (secondary N) is 2. The molecule has 2 amide bonds. The Morgan fingerprint density at radius 3 is 2.47 bits per heavy atom. The first-order valence-corrected chi connectivity index (χ1v) is 5.74. The molecule has 0 bridgehead atoms. The number of benzene rings is 2. The van der Waals surface area contributed by atoms with Gasteiger partial charge in [-0.15, -0.1) is 0 Å². The van der Waals surface area contributed by atoms with Gasteiger partial charge in [0.15, 0.2) is 0 Å². The van der Waals surface area contributed by atoms with Crippen molar-refractivity contribution in [3.05, 3.63) is 53.8 Å². The molecule has 0 fully saturated rings. The first kappa shape index (κ1) is 12.9. The quantitative estimate of drug-likeness (QED) is 0.724. The van der Waals surface area contributed by atoms with Gasteiger partial charge in [0, 0.05) is 5.69 Å². The minimum Gasteiger partial charge on any atom is -0.397 e. The van der Waals surface area contributed by atoms with Crippen LogP contribution in [0.15, 0.2) is 42.5 Å². The molecular weight excluding hydrogens is 245 g/mol. The summed E-state index contributed by atoms with van der Waals surface area (Å²) >= 11 is 0. The Hall–Kier alpha value is -2.56. The molecule has 0 radical (unpaired) electrons. The van der Waals surface area contributed by atoms with Crippen molar-refractivity contribution in [3.8, 4) is 0 Å². The van der Waals surface area contributed by atoms with Crippen LogP contribution < -0.4 is 16.4 Å². The molecule has 19 heavy (non-hydrogen) atoms. The fourth-order valence-corrected chi connectivity index (χ4v) is 1.56. The van der Waals surface area contributed by atoms with E-state index in [1.165, 1.54) is 18.2 Å². The molecule has 0 saturated heterocycles. The van der Waals surface area contributed by atoms with Crippen molar-refractivity contribution >= 4 is 23.1 Å². The van der Waals surface area contributed by atoms with Gasteiger partial charge in [0.05, 0.1) is 11.4 Å². The van der Waals surface area contributed by atoms with E-state index in [1.54, 1.807) is 12.1 Å². The number of carbonyl (C=O) groups excluding carboxylic acids is 1. The Balaban J connectivity index is 2.05. The molecule has 0 unspecified atom stereocenters. The highest BCUT2D eigenvalue weighted by molar-refractivity contribution is 6.01. The summed E-state index contributed by atoms with van der Waals surface area (Å²) < 4.78 is 13.0. The lowest BCUT2D eigenvalue weighted by Crippen LogP contribution is -2.20. The first-order chi connectivity index (χ1) is 9.04. The molecule has 0 aliphatic rings. The van der Waals surface area contributed by atoms with Crippen molar-refractivity contribution in [1.82, 2.24) is 0 Å². The van der Waals surface area contributed by atoms with Gasteiger partial charge in [0.1, 0.15) is 5.82 Å². The van der Waals surface area contributed by atoms with Crippen molar-refractivity contribution in [2.75, 3.05) is 16.4 Å². The fraction of sp³-hybridized carbons (Fsp3) is 0.0714. The van der Waals surface area contributed by atoms with E-state index in [-0.39, 0.29) is 5.69 Å². The average molecular weight is 259 g/mol. The number of hydrogen-bond acceptors (Lipinski definition) is 2. The van der Waals surface area contributed by atoms with Crippen molar-refractivity contribution in [2.24, 2.45) is 0 Å². The standard InChI is InChI=1S/C14H14FN3O/c1-9-2-5-11(6-3-9)17-14(19)18-13-8-10(15)4-7-12(13)16/h2-8H,16H2,1H3,(H2,17,18,19). The van der Waals surface area contributed by atoms with E-state index in [4.69, 9.17) is 5.73 Å². The highest BCUT2D eigenvalue weighted by Crippen LogP contribution is 2.19. The Labute approximate surface area is 110 Å². The van der Waals surface area contributed by atoms with Gasteiger partial charge < -0.3 is 16.4 Å². The summed E-state index contributed by atoms with van der Waals surface area (Å²) in [5.74, 6) is -0.458. The smallest absolute Gasteiger partial charge is 0.323 e. The van der Waals surface area contributed by atoms with E-state index >= 15 is 0 Å². The highest BCUT2D eigenvalue weighted by Gasteiger charge is 2.06. The maximum absolute atomic E-state index is 13.0.